The monoisotopic (exact) mass is 229 g/mol. The molecule has 0 amide bonds. The van der Waals surface area contributed by atoms with Gasteiger partial charge in [0.2, 0.25) is 0 Å². The van der Waals surface area contributed by atoms with Gasteiger partial charge < -0.3 is 10.2 Å². The molecule has 1 atom stereocenters. The number of carboxylic acids is 2. The molecular formula is C9H11NO4S. The van der Waals surface area contributed by atoms with Gasteiger partial charge in [0.05, 0.1) is 6.54 Å². The number of aliphatic carboxylic acids is 2. The van der Waals surface area contributed by atoms with E-state index in [9.17, 15) is 9.59 Å². The maximum Gasteiger partial charge on any atom is 0.325 e. The van der Waals surface area contributed by atoms with E-state index in [-0.39, 0.29) is 6.54 Å². The van der Waals surface area contributed by atoms with E-state index in [4.69, 9.17) is 10.2 Å². The van der Waals surface area contributed by atoms with Crippen molar-refractivity contribution in [2.24, 2.45) is 0 Å². The van der Waals surface area contributed by atoms with Crippen LogP contribution in [-0.4, -0.2) is 40.6 Å². The highest BCUT2D eigenvalue weighted by molar-refractivity contribution is 7.08. The molecule has 0 bridgehead atoms. The van der Waals surface area contributed by atoms with E-state index >= 15 is 0 Å². The first kappa shape index (κ1) is 11.7. The Bertz CT molecular complexity index is 349. The van der Waals surface area contributed by atoms with Gasteiger partial charge in [-0.15, -0.1) is 0 Å². The first-order chi connectivity index (χ1) is 7.02. The zero-order chi connectivity index (χ0) is 11.4. The van der Waals surface area contributed by atoms with Crippen LogP contribution in [0, 0.1) is 0 Å². The third-order valence-electron chi connectivity index (χ3n) is 1.92. The van der Waals surface area contributed by atoms with Gasteiger partial charge in [-0.25, -0.2) is 0 Å². The van der Waals surface area contributed by atoms with Crippen LogP contribution in [-0.2, 0) is 9.59 Å². The number of carboxylic acid groups (broad SMARTS) is 2. The van der Waals surface area contributed by atoms with Crippen LogP contribution in [0.2, 0.25) is 0 Å². The smallest absolute Gasteiger partial charge is 0.325 e. The summed E-state index contributed by atoms with van der Waals surface area (Å²) < 4.78 is 0. The van der Waals surface area contributed by atoms with E-state index in [1.165, 1.54) is 23.3 Å². The van der Waals surface area contributed by atoms with Crippen molar-refractivity contribution in [3.8, 4) is 0 Å². The molecule has 0 aliphatic heterocycles. The number of rotatable bonds is 5. The highest BCUT2D eigenvalue weighted by Gasteiger charge is 2.26. The molecule has 1 aromatic rings. The van der Waals surface area contributed by atoms with Gasteiger partial charge in [-0.2, -0.15) is 11.3 Å². The Morgan fingerprint density at radius 3 is 2.60 bits per heavy atom. The molecule has 0 aromatic carbocycles. The van der Waals surface area contributed by atoms with Crippen molar-refractivity contribution in [3.05, 3.63) is 22.4 Å². The second-order valence-electron chi connectivity index (χ2n) is 3.11. The maximum atomic E-state index is 11.0. The number of hydrogen-bond acceptors (Lipinski definition) is 4. The van der Waals surface area contributed by atoms with E-state index in [1.807, 2.05) is 0 Å². The van der Waals surface area contributed by atoms with Gasteiger partial charge in [-0.1, -0.05) is 0 Å². The fourth-order valence-corrected chi connectivity index (χ4v) is 2.00. The van der Waals surface area contributed by atoms with Crippen LogP contribution in [0.15, 0.2) is 16.8 Å². The maximum absolute atomic E-state index is 11.0. The SMILES string of the molecule is CN(CC(=O)O)C(C(=O)O)c1ccsc1. The third-order valence-corrected chi connectivity index (χ3v) is 2.62. The quantitative estimate of drug-likeness (QED) is 0.784. The number of hydrogen-bond donors (Lipinski definition) is 2. The molecule has 0 saturated carbocycles. The van der Waals surface area contributed by atoms with Crippen LogP contribution in [0.4, 0.5) is 0 Å². The van der Waals surface area contributed by atoms with Crippen molar-refractivity contribution < 1.29 is 19.8 Å². The lowest BCUT2D eigenvalue weighted by atomic mass is 10.1. The van der Waals surface area contributed by atoms with Gasteiger partial charge in [0.25, 0.3) is 0 Å². The molecule has 0 saturated heterocycles. The summed E-state index contributed by atoms with van der Waals surface area (Å²) in [5.41, 5.74) is 0.608. The lowest BCUT2D eigenvalue weighted by molar-refractivity contribution is -0.145. The summed E-state index contributed by atoms with van der Waals surface area (Å²) in [6.45, 7) is -0.299. The van der Waals surface area contributed by atoms with E-state index in [1.54, 1.807) is 16.8 Å². The average molecular weight is 229 g/mol. The number of carbonyl (C=O) groups is 2. The molecule has 5 nitrogen and oxygen atoms in total. The van der Waals surface area contributed by atoms with Gasteiger partial charge in [0.15, 0.2) is 0 Å². The molecule has 1 heterocycles. The zero-order valence-electron chi connectivity index (χ0n) is 8.08. The van der Waals surface area contributed by atoms with Crippen LogP contribution < -0.4 is 0 Å². The fraction of sp³-hybridized carbons (Fsp3) is 0.333. The Hall–Kier alpha value is -1.40. The minimum atomic E-state index is -1.04. The minimum absolute atomic E-state index is 0.299. The standard InChI is InChI=1S/C9H11NO4S/c1-10(4-7(11)12)8(9(13)14)6-2-3-15-5-6/h2-3,5,8H,4H2,1H3,(H,11,12)(H,13,14). The first-order valence-electron chi connectivity index (χ1n) is 4.19. The van der Waals surface area contributed by atoms with Gasteiger partial charge in [0.1, 0.15) is 6.04 Å². The molecule has 0 fully saturated rings. The van der Waals surface area contributed by atoms with Crippen molar-refractivity contribution >= 4 is 23.3 Å². The minimum Gasteiger partial charge on any atom is -0.480 e. The molecule has 1 aromatic heterocycles. The lowest BCUT2D eigenvalue weighted by Crippen LogP contribution is -2.34. The van der Waals surface area contributed by atoms with Gasteiger partial charge in [-0.3, -0.25) is 14.5 Å². The molecule has 2 N–H and O–H groups in total. The largest absolute Gasteiger partial charge is 0.480 e. The first-order valence-corrected chi connectivity index (χ1v) is 5.13. The van der Waals surface area contributed by atoms with E-state index in [0.717, 1.165) is 0 Å². The van der Waals surface area contributed by atoms with Crippen LogP contribution in [0.25, 0.3) is 0 Å². The summed E-state index contributed by atoms with van der Waals surface area (Å²) in [7, 11) is 1.48. The molecule has 6 heteroatoms. The zero-order valence-corrected chi connectivity index (χ0v) is 8.90. The summed E-state index contributed by atoms with van der Waals surface area (Å²) in [5.74, 6) is -2.09. The Morgan fingerprint density at radius 2 is 2.20 bits per heavy atom. The molecule has 82 valence electrons. The van der Waals surface area contributed by atoms with Gasteiger partial charge in [-0.05, 0) is 29.4 Å². The summed E-state index contributed by atoms with van der Waals surface area (Å²) in [5, 5.41) is 21.0. The summed E-state index contributed by atoms with van der Waals surface area (Å²) in [6.07, 6.45) is 0. The summed E-state index contributed by atoms with van der Waals surface area (Å²) >= 11 is 1.38. The predicted octanol–water partition coefficient (Wildman–Crippen LogP) is 0.890. The highest BCUT2D eigenvalue weighted by atomic mass is 32.1. The van der Waals surface area contributed by atoms with Crippen LogP contribution >= 0.6 is 11.3 Å². The van der Waals surface area contributed by atoms with Gasteiger partial charge >= 0.3 is 11.9 Å². The third kappa shape index (κ3) is 3.03. The number of likely N-dealkylation sites (N-methyl/N-ethyl adjacent to an activating group) is 1. The predicted molar refractivity (Wildman–Crippen MR) is 55.0 cm³/mol. The second-order valence-corrected chi connectivity index (χ2v) is 3.89. The molecule has 0 radical (unpaired) electrons. The van der Waals surface area contributed by atoms with E-state index in [2.05, 4.69) is 0 Å². The van der Waals surface area contributed by atoms with Crippen LogP contribution in [0.1, 0.15) is 11.6 Å². The lowest BCUT2D eigenvalue weighted by Gasteiger charge is -2.21. The highest BCUT2D eigenvalue weighted by Crippen LogP contribution is 2.21. The normalized spacial score (nSPS) is 12.7. The Kier molecular flexibility index (Phi) is 3.81. The van der Waals surface area contributed by atoms with Crippen LogP contribution in [0.3, 0.4) is 0 Å². The molecule has 0 aliphatic rings. The molecule has 0 spiro atoms. The van der Waals surface area contributed by atoms with Gasteiger partial charge in [0, 0.05) is 0 Å². The van der Waals surface area contributed by atoms with Crippen molar-refractivity contribution in [1.82, 2.24) is 4.90 Å². The van der Waals surface area contributed by atoms with Crippen molar-refractivity contribution in [3.63, 3.8) is 0 Å². The fourth-order valence-electron chi connectivity index (χ4n) is 1.32. The number of thiophene rings is 1. The number of nitrogens with zero attached hydrogens (tertiary/aromatic N) is 1. The molecule has 1 rings (SSSR count). The Balaban J connectivity index is 2.84. The van der Waals surface area contributed by atoms with Crippen molar-refractivity contribution in [1.29, 1.82) is 0 Å². The Morgan fingerprint density at radius 1 is 1.53 bits per heavy atom. The summed E-state index contributed by atoms with van der Waals surface area (Å²) in [6, 6.07) is 0.786. The topological polar surface area (TPSA) is 77.8 Å². The van der Waals surface area contributed by atoms with E-state index < -0.39 is 18.0 Å². The molecular weight excluding hydrogens is 218 g/mol. The van der Waals surface area contributed by atoms with Crippen LogP contribution in [0.5, 0.6) is 0 Å². The van der Waals surface area contributed by atoms with Crippen molar-refractivity contribution in [2.45, 2.75) is 6.04 Å². The Labute approximate surface area is 90.6 Å². The summed E-state index contributed by atoms with van der Waals surface area (Å²) in [4.78, 5) is 22.7. The second kappa shape index (κ2) is 4.90. The molecule has 0 aliphatic carbocycles. The molecule has 1 unspecified atom stereocenters. The van der Waals surface area contributed by atoms with E-state index in [0.29, 0.717) is 5.56 Å². The average Bonchev–Trinajstić information content (AvgIpc) is 2.54. The molecule has 15 heavy (non-hydrogen) atoms. The van der Waals surface area contributed by atoms with Crippen molar-refractivity contribution in [2.75, 3.05) is 13.6 Å².